The van der Waals surface area contributed by atoms with Gasteiger partial charge in [-0.2, -0.15) is 0 Å². The number of ether oxygens (including phenoxy) is 1. The van der Waals surface area contributed by atoms with E-state index in [1.165, 1.54) is 5.56 Å². The van der Waals surface area contributed by atoms with Gasteiger partial charge in [0.05, 0.1) is 0 Å². The average Bonchev–Trinajstić information content (AvgIpc) is 2.41. The van der Waals surface area contributed by atoms with Crippen molar-refractivity contribution in [1.82, 2.24) is 5.32 Å². The zero-order chi connectivity index (χ0) is 14.8. The van der Waals surface area contributed by atoms with Gasteiger partial charge in [0.1, 0.15) is 0 Å². The minimum absolute atomic E-state index is 0.507. The first-order valence-electron chi connectivity index (χ1n) is 7.67. The summed E-state index contributed by atoms with van der Waals surface area (Å²) in [6, 6.07) is 8.23. The van der Waals surface area contributed by atoms with Gasteiger partial charge < -0.3 is 10.1 Å². The van der Waals surface area contributed by atoms with Crippen LogP contribution in [0.3, 0.4) is 0 Å². The first-order valence-corrected chi connectivity index (χ1v) is 8.05. The van der Waals surface area contributed by atoms with E-state index in [1.807, 2.05) is 19.1 Å². The Kier molecular flexibility index (Phi) is 8.92. The molecule has 0 saturated heterocycles. The Bertz CT molecular complexity index is 368. The van der Waals surface area contributed by atoms with Gasteiger partial charge in [0.25, 0.3) is 0 Å². The van der Waals surface area contributed by atoms with E-state index in [-0.39, 0.29) is 0 Å². The first kappa shape index (κ1) is 17.5. The number of hydrogen-bond donors (Lipinski definition) is 1. The highest BCUT2D eigenvalue weighted by Crippen LogP contribution is 2.23. The van der Waals surface area contributed by atoms with Crippen molar-refractivity contribution in [2.75, 3.05) is 26.3 Å². The predicted molar refractivity (Wildman–Crippen MR) is 87.6 cm³/mol. The molecule has 3 heteroatoms. The normalized spacial score (nSPS) is 12.8. The molecule has 0 spiro atoms. The van der Waals surface area contributed by atoms with Crippen molar-refractivity contribution in [3.05, 3.63) is 34.9 Å². The van der Waals surface area contributed by atoms with Gasteiger partial charge in [0.2, 0.25) is 0 Å². The van der Waals surface area contributed by atoms with Crippen molar-refractivity contribution in [3.63, 3.8) is 0 Å². The maximum absolute atomic E-state index is 6.11. The predicted octanol–water partition coefficient (Wildman–Crippen LogP) is 4.49. The molecule has 0 aromatic heterocycles. The lowest BCUT2D eigenvalue weighted by molar-refractivity contribution is 0.141. The van der Waals surface area contributed by atoms with Crippen molar-refractivity contribution in [1.29, 1.82) is 0 Å². The largest absolute Gasteiger partial charge is 0.382 e. The van der Waals surface area contributed by atoms with E-state index < -0.39 is 0 Å². The summed E-state index contributed by atoms with van der Waals surface area (Å²) in [5.41, 5.74) is 1.32. The monoisotopic (exact) mass is 297 g/mol. The lowest BCUT2D eigenvalue weighted by Gasteiger charge is -2.19. The lowest BCUT2D eigenvalue weighted by Crippen LogP contribution is -2.25. The van der Waals surface area contributed by atoms with Gasteiger partial charge in [-0.1, -0.05) is 37.6 Å². The van der Waals surface area contributed by atoms with Crippen LogP contribution in [-0.2, 0) is 4.74 Å². The molecule has 0 bridgehead atoms. The molecule has 1 aromatic carbocycles. The molecule has 0 aliphatic heterocycles. The number of hydrogen-bond acceptors (Lipinski definition) is 2. The second-order valence-corrected chi connectivity index (χ2v) is 6.08. The fraction of sp³-hybridized carbons (Fsp3) is 0.647. The van der Waals surface area contributed by atoms with Crippen LogP contribution in [0.1, 0.15) is 45.1 Å². The Balaban J connectivity index is 2.53. The van der Waals surface area contributed by atoms with Crippen LogP contribution in [0.5, 0.6) is 0 Å². The van der Waals surface area contributed by atoms with Gasteiger partial charge in [-0.05, 0) is 55.8 Å². The molecule has 0 aliphatic rings. The van der Waals surface area contributed by atoms with Gasteiger partial charge >= 0.3 is 0 Å². The molecule has 1 rings (SSSR count). The van der Waals surface area contributed by atoms with Crippen LogP contribution >= 0.6 is 11.6 Å². The summed E-state index contributed by atoms with van der Waals surface area (Å²) in [7, 11) is 0. The lowest BCUT2D eigenvalue weighted by atomic mass is 9.94. The highest BCUT2D eigenvalue weighted by molar-refractivity contribution is 6.30. The Morgan fingerprint density at radius 2 is 2.05 bits per heavy atom. The highest BCUT2D eigenvalue weighted by atomic mass is 35.5. The zero-order valence-corrected chi connectivity index (χ0v) is 13.7. The molecule has 0 aliphatic carbocycles. The van der Waals surface area contributed by atoms with E-state index in [1.54, 1.807) is 0 Å². The third-order valence-electron chi connectivity index (χ3n) is 3.31. The molecule has 1 unspecified atom stereocenters. The number of rotatable bonds is 10. The molecule has 0 heterocycles. The fourth-order valence-electron chi connectivity index (χ4n) is 2.27. The summed E-state index contributed by atoms with van der Waals surface area (Å²) in [5.74, 6) is 1.19. The van der Waals surface area contributed by atoms with Gasteiger partial charge in [-0.25, -0.2) is 0 Å². The van der Waals surface area contributed by atoms with Crippen LogP contribution in [0.15, 0.2) is 24.3 Å². The quantitative estimate of drug-likeness (QED) is 0.643. The minimum Gasteiger partial charge on any atom is -0.382 e. The summed E-state index contributed by atoms with van der Waals surface area (Å²) < 4.78 is 5.44. The summed E-state index contributed by atoms with van der Waals surface area (Å²) in [5, 5.41) is 4.38. The molecule has 20 heavy (non-hydrogen) atoms. The molecule has 2 nitrogen and oxygen atoms in total. The average molecular weight is 298 g/mol. The van der Waals surface area contributed by atoms with E-state index in [9.17, 15) is 0 Å². The van der Waals surface area contributed by atoms with Crippen molar-refractivity contribution < 1.29 is 4.74 Å². The first-order chi connectivity index (χ1) is 9.63. The van der Waals surface area contributed by atoms with E-state index in [2.05, 4.69) is 31.3 Å². The third-order valence-corrected chi connectivity index (χ3v) is 3.54. The molecule has 1 N–H and O–H groups in total. The molecule has 0 radical (unpaired) electrons. The van der Waals surface area contributed by atoms with Crippen molar-refractivity contribution in [3.8, 4) is 0 Å². The third kappa shape index (κ3) is 7.28. The number of nitrogens with one attached hydrogen (secondary N) is 1. The summed E-state index contributed by atoms with van der Waals surface area (Å²) >= 11 is 6.11. The maximum atomic E-state index is 6.11. The Labute approximate surface area is 128 Å². The van der Waals surface area contributed by atoms with Gasteiger partial charge in [-0.15, -0.1) is 0 Å². The Morgan fingerprint density at radius 3 is 2.70 bits per heavy atom. The van der Waals surface area contributed by atoms with Crippen LogP contribution in [0.4, 0.5) is 0 Å². The molecule has 0 fully saturated rings. The van der Waals surface area contributed by atoms with Gasteiger partial charge in [0.15, 0.2) is 0 Å². The second kappa shape index (κ2) is 10.2. The zero-order valence-electron chi connectivity index (χ0n) is 13.0. The van der Waals surface area contributed by atoms with E-state index >= 15 is 0 Å². The van der Waals surface area contributed by atoms with E-state index in [0.29, 0.717) is 11.8 Å². The Hall–Kier alpha value is -0.570. The molecule has 0 saturated carbocycles. The van der Waals surface area contributed by atoms with Crippen molar-refractivity contribution in [2.45, 2.75) is 39.5 Å². The van der Waals surface area contributed by atoms with Crippen LogP contribution in [-0.4, -0.2) is 26.3 Å². The molecular weight excluding hydrogens is 270 g/mol. The molecular formula is C17H28ClNO. The standard InChI is InChI=1S/C17H28ClNO/c1-4-20-10-6-8-16(13-19-12-14(2)3)15-7-5-9-17(18)11-15/h5,7,9,11,14,16,19H,4,6,8,10,12-13H2,1-3H3. The smallest absolute Gasteiger partial charge is 0.0466 e. The molecule has 1 aromatic rings. The van der Waals surface area contributed by atoms with Crippen molar-refractivity contribution >= 4 is 11.6 Å². The van der Waals surface area contributed by atoms with Gasteiger partial charge in [0, 0.05) is 24.8 Å². The van der Waals surface area contributed by atoms with Crippen LogP contribution in [0, 0.1) is 5.92 Å². The molecule has 0 amide bonds. The molecule has 1 atom stereocenters. The summed E-state index contributed by atoms with van der Waals surface area (Å²) in [6.45, 7) is 10.2. The number of benzene rings is 1. The second-order valence-electron chi connectivity index (χ2n) is 5.64. The van der Waals surface area contributed by atoms with E-state index in [4.69, 9.17) is 16.3 Å². The van der Waals surface area contributed by atoms with Crippen LogP contribution in [0.2, 0.25) is 5.02 Å². The van der Waals surface area contributed by atoms with Crippen LogP contribution < -0.4 is 5.32 Å². The summed E-state index contributed by atoms with van der Waals surface area (Å²) in [4.78, 5) is 0. The number of halogens is 1. The summed E-state index contributed by atoms with van der Waals surface area (Å²) in [6.07, 6.45) is 2.22. The SMILES string of the molecule is CCOCCCC(CNCC(C)C)c1cccc(Cl)c1. The van der Waals surface area contributed by atoms with Crippen LogP contribution in [0.25, 0.3) is 0 Å². The maximum Gasteiger partial charge on any atom is 0.0466 e. The minimum atomic E-state index is 0.507. The Morgan fingerprint density at radius 1 is 1.25 bits per heavy atom. The molecule has 114 valence electrons. The highest BCUT2D eigenvalue weighted by Gasteiger charge is 2.12. The topological polar surface area (TPSA) is 21.3 Å². The van der Waals surface area contributed by atoms with Crippen molar-refractivity contribution in [2.24, 2.45) is 5.92 Å². The van der Waals surface area contributed by atoms with E-state index in [0.717, 1.165) is 44.2 Å². The fourth-order valence-corrected chi connectivity index (χ4v) is 2.47. The van der Waals surface area contributed by atoms with Gasteiger partial charge in [-0.3, -0.25) is 0 Å².